The number of anilines is 2. The summed E-state index contributed by atoms with van der Waals surface area (Å²) in [5.74, 6) is -0.669. The average molecular weight is 376 g/mol. The zero-order chi connectivity index (χ0) is 18.9. The smallest absolute Gasteiger partial charge is 0.232 e. The average Bonchev–Trinajstić information content (AvgIpc) is 2.89. The lowest BCUT2D eigenvalue weighted by Crippen LogP contribution is -2.39. The standard InChI is InChI=1S/C19H21FN2O3S/c1-14-12-15-6-3-4-9-18(15)22(14)19(23)10-11-21(26(2,24)25)17-8-5-7-16(20)13-17/h3-9,13-14H,10-12H2,1-2H3. The van der Waals surface area contributed by atoms with Gasteiger partial charge in [0.05, 0.1) is 11.9 Å². The Morgan fingerprint density at radius 1 is 1.23 bits per heavy atom. The Kier molecular flexibility index (Phi) is 5.00. The van der Waals surface area contributed by atoms with Crippen molar-refractivity contribution in [2.45, 2.75) is 25.8 Å². The number of carbonyl (C=O) groups is 1. The van der Waals surface area contributed by atoms with Crippen LogP contribution < -0.4 is 9.21 Å². The van der Waals surface area contributed by atoms with Gasteiger partial charge in [-0.2, -0.15) is 0 Å². The van der Waals surface area contributed by atoms with Crippen LogP contribution in [0.1, 0.15) is 18.9 Å². The summed E-state index contributed by atoms with van der Waals surface area (Å²) in [5, 5.41) is 0. The van der Waals surface area contributed by atoms with Crippen LogP contribution in [0.15, 0.2) is 48.5 Å². The number of amides is 1. The zero-order valence-electron chi connectivity index (χ0n) is 14.7. The Bertz CT molecular complexity index is 930. The molecule has 1 aliphatic heterocycles. The van der Waals surface area contributed by atoms with Gasteiger partial charge >= 0.3 is 0 Å². The van der Waals surface area contributed by atoms with E-state index < -0.39 is 15.8 Å². The Morgan fingerprint density at radius 2 is 1.96 bits per heavy atom. The van der Waals surface area contributed by atoms with Crippen LogP contribution in [0.4, 0.5) is 15.8 Å². The molecule has 2 aromatic rings. The molecule has 5 nitrogen and oxygen atoms in total. The van der Waals surface area contributed by atoms with Crippen molar-refractivity contribution in [3.05, 3.63) is 59.9 Å². The predicted octanol–water partition coefficient (Wildman–Crippen LogP) is 2.96. The summed E-state index contributed by atoms with van der Waals surface area (Å²) >= 11 is 0. The highest BCUT2D eigenvalue weighted by Gasteiger charge is 2.31. The van der Waals surface area contributed by atoms with Gasteiger partial charge in [-0.25, -0.2) is 12.8 Å². The second kappa shape index (κ2) is 7.07. The monoisotopic (exact) mass is 376 g/mol. The Morgan fingerprint density at radius 3 is 2.65 bits per heavy atom. The molecule has 0 saturated heterocycles. The minimum atomic E-state index is -3.63. The molecule has 0 N–H and O–H groups in total. The number of hydrogen-bond donors (Lipinski definition) is 0. The van der Waals surface area contributed by atoms with E-state index >= 15 is 0 Å². The Labute approximate surface area is 153 Å². The van der Waals surface area contributed by atoms with Crippen LogP contribution in [-0.2, 0) is 21.2 Å². The lowest BCUT2D eigenvalue weighted by Gasteiger charge is -2.26. The molecule has 0 spiro atoms. The van der Waals surface area contributed by atoms with Crippen LogP contribution in [0.5, 0.6) is 0 Å². The maximum atomic E-state index is 13.5. The summed E-state index contributed by atoms with van der Waals surface area (Å²) in [7, 11) is -3.63. The van der Waals surface area contributed by atoms with Gasteiger partial charge in [-0.15, -0.1) is 0 Å². The highest BCUT2D eigenvalue weighted by Crippen LogP contribution is 2.32. The fraction of sp³-hybridized carbons (Fsp3) is 0.316. The predicted molar refractivity (Wildman–Crippen MR) is 100 cm³/mol. The van der Waals surface area contributed by atoms with E-state index in [1.165, 1.54) is 18.2 Å². The first kappa shape index (κ1) is 18.4. The maximum absolute atomic E-state index is 13.5. The molecule has 1 amide bonds. The van der Waals surface area contributed by atoms with Crippen molar-refractivity contribution in [2.75, 3.05) is 22.0 Å². The molecule has 0 saturated carbocycles. The summed E-state index contributed by atoms with van der Waals surface area (Å²) in [6.07, 6.45) is 1.85. The third-order valence-corrected chi connectivity index (χ3v) is 5.70. The summed E-state index contributed by atoms with van der Waals surface area (Å²) < 4.78 is 38.8. The number of benzene rings is 2. The molecule has 26 heavy (non-hydrogen) atoms. The van der Waals surface area contributed by atoms with E-state index in [0.29, 0.717) is 0 Å². The molecule has 0 radical (unpaired) electrons. The molecule has 1 aliphatic rings. The largest absolute Gasteiger partial charge is 0.309 e. The number of fused-ring (bicyclic) bond motifs is 1. The summed E-state index contributed by atoms with van der Waals surface area (Å²) in [5.41, 5.74) is 2.20. The number of rotatable bonds is 5. The van der Waals surface area contributed by atoms with Crippen molar-refractivity contribution in [3.63, 3.8) is 0 Å². The SMILES string of the molecule is CC1Cc2ccccc2N1C(=O)CCN(c1cccc(F)c1)S(C)(=O)=O. The number of sulfonamides is 1. The van der Waals surface area contributed by atoms with Crippen molar-refractivity contribution in [1.29, 1.82) is 0 Å². The number of para-hydroxylation sites is 1. The van der Waals surface area contributed by atoms with Gasteiger partial charge in [-0.3, -0.25) is 9.10 Å². The second-order valence-electron chi connectivity index (χ2n) is 6.51. The van der Waals surface area contributed by atoms with E-state index in [4.69, 9.17) is 0 Å². The molecule has 1 atom stereocenters. The fourth-order valence-corrected chi connectivity index (χ4v) is 4.30. The highest BCUT2D eigenvalue weighted by atomic mass is 32.2. The van der Waals surface area contributed by atoms with Gasteiger partial charge in [0.1, 0.15) is 5.82 Å². The van der Waals surface area contributed by atoms with Gasteiger partial charge in [0.25, 0.3) is 0 Å². The Balaban J connectivity index is 1.79. The fourth-order valence-electron chi connectivity index (χ4n) is 3.38. The van der Waals surface area contributed by atoms with E-state index in [1.54, 1.807) is 4.90 Å². The van der Waals surface area contributed by atoms with Crippen LogP contribution >= 0.6 is 0 Å². The van der Waals surface area contributed by atoms with Crippen LogP contribution in [0.2, 0.25) is 0 Å². The molecule has 1 unspecified atom stereocenters. The van der Waals surface area contributed by atoms with Crippen molar-refractivity contribution < 1.29 is 17.6 Å². The highest BCUT2D eigenvalue weighted by molar-refractivity contribution is 7.92. The lowest BCUT2D eigenvalue weighted by atomic mass is 10.1. The minimum absolute atomic E-state index is 0.0161. The quantitative estimate of drug-likeness (QED) is 0.806. The van der Waals surface area contributed by atoms with Crippen molar-refractivity contribution >= 4 is 27.3 Å². The van der Waals surface area contributed by atoms with E-state index in [2.05, 4.69) is 0 Å². The van der Waals surface area contributed by atoms with Gasteiger partial charge in [-0.05, 0) is 43.2 Å². The summed E-state index contributed by atoms with van der Waals surface area (Å²) in [4.78, 5) is 14.5. The van der Waals surface area contributed by atoms with Crippen molar-refractivity contribution in [1.82, 2.24) is 0 Å². The van der Waals surface area contributed by atoms with Gasteiger partial charge in [-0.1, -0.05) is 24.3 Å². The molecule has 7 heteroatoms. The minimum Gasteiger partial charge on any atom is -0.309 e. The molecule has 0 aromatic heterocycles. The number of halogens is 1. The molecule has 3 rings (SSSR count). The number of carbonyl (C=O) groups excluding carboxylic acids is 1. The first-order chi connectivity index (χ1) is 12.3. The van der Waals surface area contributed by atoms with E-state index in [1.807, 2.05) is 31.2 Å². The molecule has 138 valence electrons. The van der Waals surface area contributed by atoms with E-state index in [9.17, 15) is 17.6 Å². The van der Waals surface area contributed by atoms with Crippen LogP contribution in [0.25, 0.3) is 0 Å². The molecular formula is C19H21FN2O3S. The molecule has 0 aliphatic carbocycles. The number of nitrogens with zero attached hydrogens (tertiary/aromatic N) is 2. The third kappa shape index (κ3) is 3.72. The summed E-state index contributed by atoms with van der Waals surface area (Å²) in [6, 6.07) is 13.1. The lowest BCUT2D eigenvalue weighted by molar-refractivity contribution is -0.118. The van der Waals surface area contributed by atoms with Gasteiger partial charge in [0.2, 0.25) is 15.9 Å². The second-order valence-corrected chi connectivity index (χ2v) is 8.42. The van der Waals surface area contributed by atoms with Crippen LogP contribution in [0.3, 0.4) is 0 Å². The first-order valence-corrected chi connectivity index (χ1v) is 10.3. The zero-order valence-corrected chi connectivity index (χ0v) is 15.5. The molecule has 0 bridgehead atoms. The van der Waals surface area contributed by atoms with Crippen LogP contribution in [-0.4, -0.2) is 33.2 Å². The normalized spacial score (nSPS) is 16.4. The van der Waals surface area contributed by atoms with Gasteiger partial charge < -0.3 is 4.90 Å². The van der Waals surface area contributed by atoms with E-state index in [-0.39, 0.29) is 30.6 Å². The van der Waals surface area contributed by atoms with E-state index in [0.717, 1.165) is 34.3 Å². The summed E-state index contributed by atoms with van der Waals surface area (Å²) in [6.45, 7) is 1.94. The van der Waals surface area contributed by atoms with Crippen molar-refractivity contribution in [2.24, 2.45) is 0 Å². The molecule has 2 aromatic carbocycles. The molecule has 1 heterocycles. The maximum Gasteiger partial charge on any atom is 0.232 e. The molecular weight excluding hydrogens is 355 g/mol. The number of hydrogen-bond acceptors (Lipinski definition) is 3. The van der Waals surface area contributed by atoms with Gasteiger partial charge in [0, 0.05) is 24.7 Å². The topological polar surface area (TPSA) is 57.7 Å². The van der Waals surface area contributed by atoms with Crippen molar-refractivity contribution in [3.8, 4) is 0 Å². The molecule has 0 fully saturated rings. The third-order valence-electron chi connectivity index (χ3n) is 4.50. The van der Waals surface area contributed by atoms with Gasteiger partial charge in [0.15, 0.2) is 0 Å². The Hall–Kier alpha value is -2.41. The first-order valence-electron chi connectivity index (χ1n) is 8.40. The van der Waals surface area contributed by atoms with Crippen LogP contribution in [0, 0.1) is 5.82 Å².